The first-order valence-electron chi connectivity index (χ1n) is 6.96. The number of hydrogen-bond donors (Lipinski definition) is 2. The second kappa shape index (κ2) is 6.88. The molecule has 0 heterocycles. The summed E-state index contributed by atoms with van der Waals surface area (Å²) in [5.41, 5.74) is 8.14. The van der Waals surface area contributed by atoms with Crippen molar-refractivity contribution in [3.8, 4) is 0 Å². The van der Waals surface area contributed by atoms with Gasteiger partial charge in [0.25, 0.3) is 0 Å². The molecule has 0 aromatic heterocycles. The molecular weight excluding hydrogens is 224 g/mol. The zero-order valence-electron chi connectivity index (χ0n) is 11.0. The lowest BCUT2D eigenvalue weighted by Gasteiger charge is -2.37. The minimum Gasteiger partial charge on any atom is -0.396 e. The minimum atomic E-state index is 0.287. The van der Waals surface area contributed by atoms with E-state index in [1.54, 1.807) is 0 Å². The minimum absolute atomic E-state index is 0.287. The summed E-state index contributed by atoms with van der Waals surface area (Å²) in [7, 11) is 0. The number of hydrogen-bond acceptors (Lipinski definition) is 3. The number of rotatable bonds is 7. The standard InChI is InChI=1S/C15H24N2O/c16-11-13-5-7-14(8-6-13)12-17(9-2-10-18)15-3-1-4-15/h5-8,15,18H,1-4,9-12,16H2. The Balaban J connectivity index is 1.93. The summed E-state index contributed by atoms with van der Waals surface area (Å²) in [5.74, 6) is 0. The van der Waals surface area contributed by atoms with Crippen LogP contribution in [0.3, 0.4) is 0 Å². The van der Waals surface area contributed by atoms with E-state index in [0.717, 1.165) is 25.6 Å². The summed E-state index contributed by atoms with van der Waals surface area (Å²) in [5, 5.41) is 8.98. The lowest BCUT2D eigenvalue weighted by molar-refractivity contribution is 0.109. The van der Waals surface area contributed by atoms with Crippen LogP contribution in [0, 0.1) is 0 Å². The highest BCUT2D eigenvalue weighted by atomic mass is 16.3. The van der Waals surface area contributed by atoms with Gasteiger partial charge >= 0.3 is 0 Å². The molecule has 2 rings (SSSR count). The van der Waals surface area contributed by atoms with E-state index in [9.17, 15) is 0 Å². The van der Waals surface area contributed by atoms with Gasteiger partial charge in [0.05, 0.1) is 0 Å². The van der Waals surface area contributed by atoms with Crippen LogP contribution in [0.15, 0.2) is 24.3 Å². The van der Waals surface area contributed by atoms with Crippen molar-refractivity contribution in [1.82, 2.24) is 4.90 Å². The van der Waals surface area contributed by atoms with E-state index in [4.69, 9.17) is 10.8 Å². The van der Waals surface area contributed by atoms with Gasteiger partial charge in [0.2, 0.25) is 0 Å². The Kier molecular flexibility index (Phi) is 5.17. The molecule has 1 saturated carbocycles. The number of benzene rings is 1. The van der Waals surface area contributed by atoms with E-state index >= 15 is 0 Å². The summed E-state index contributed by atoms with van der Waals surface area (Å²) in [6, 6.07) is 9.30. The van der Waals surface area contributed by atoms with Gasteiger partial charge in [0, 0.05) is 32.3 Å². The zero-order chi connectivity index (χ0) is 12.8. The second-order valence-corrected chi connectivity index (χ2v) is 5.15. The normalized spacial score (nSPS) is 15.9. The van der Waals surface area contributed by atoms with E-state index in [2.05, 4.69) is 29.2 Å². The second-order valence-electron chi connectivity index (χ2n) is 5.15. The third-order valence-corrected chi connectivity index (χ3v) is 3.84. The van der Waals surface area contributed by atoms with Crippen molar-refractivity contribution >= 4 is 0 Å². The molecule has 0 spiro atoms. The molecule has 0 bridgehead atoms. The molecule has 1 aromatic rings. The number of nitrogens with zero attached hydrogens (tertiary/aromatic N) is 1. The Labute approximate surface area is 110 Å². The molecule has 1 aromatic carbocycles. The van der Waals surface area contributed by atoms with Gasteiger partial charge in [-0.1, -0.05) is 30.7 Å². The smallest absolute Gasteiger partial charge is 0.0443 e. The predicted octanol–water partition coefficient (Wildman–Crippen LogP) is 1.88. The van der Waals surface area contributed by atoms with E-state index in [1.165, 1.54) is 30.4 Å². The molecule has 0 aliphatic heterocycles. The number of aliphatic hydroxyl groups excluding tert-OH is 1. The van der Waals surface area contributed by atoms with Gasteiger partial charge in [0.1, 0.15) is 0 Å². The molecule has 0 unspecified atom stereocenters. The van der Waals surface area contributed by atoms with Gasteiger partial charge in [-0.2, -0.15) is 0 Å². The summed E-state index contributed by atoms with van der Waals surface area (Å²) in [4.78, 5) is 2.51. The van der Waals surface area contributed by atoms with Crippen molar-refractivity contribution in [3.05, 3.63) is 35.4 Å². The molecule has 1 aliphatic rings. The zero-order valence-corrected chi connectivity index (χ0v) is 11.0. The molecular formula is C15H24N2O. The summed E-state index contributed by atoms with van der Waals surface area (Å²) >= 11 is 0. The van der Waals surface area contributed by atoms with Crippen molar-refractivity contribution < 1.29 is 5.11 Å². The predicted molar refractivity (Wildman–Crippen MR) is 74.1 cm³/mol. The Bertz CT molecular complexity index is 346. The Hall–Kier alpha value is -0.900. The molecule has 1 fully saturated rings. The third kappa shape index (κ3) is 3.55. The first-order chi connectivity index (χ1) is 8.83. The van der Waals surface area contributed by atoms with E-state index in [-0.39, 0.29) is 6.61 Å². The van der Waals surface area contributed by atoms with Crippen LogP contribution in [0.5, 0.6) is 0 Å². The van der Waals surface area contributed by atoms with Crippen molar-refractivity contribution in [3.63, 3.8) is 0 Å². The fourth-order valence-corrected chi connectivity index (χ4v) is 2.43. The van der Waals surface area contributed by atoms with Crippen LogP contribution in [0.25, 0.3) is 0 Å². The van der Waals surface area contributed by atoms with Crippen LogP contribution < -0.4 is 5.73 Å². The molecule has 0 amide bonds. The van der Waals surface area contributed by atoms with Gasteiger partial charge in [-0.05, 0) is 30.4 Å². The van der Waals surface area contributed by atoms with Crippen molar-refractivity contribution in [2.45, 2.75) is 44.8 Å². The highest BCUT2D eigenvalue weighted by Gasteiger charge is 2.24. The maximum atomic E-state index is 8.98. The fourth-order valence-electron chi connectivity index (χ4n) is 2.43. The number of nitrogens with two attached hydrogens (primary N) is 1. The Morgan fingerprint density at radius 1 is 1.17 bits per heavy atom. The first kappa shape index (κ1) is 13.5. The molecule has 0 atom stereocenters. The van der Waals surface area contributed by atoms with Gasteiger partial charge < -0.3 is 10.8 Å². The monoisotopic (exact) mass is 248 g/mol. The van der Waals surface area contributed by atoms with Gasteiger partial charge in [-0.25, -0.2) is 0 Å². The molecule has 18 heavy (non-hydrogen) atoms. The van der Waals surface area contributed by atoms with Crippen LogP contribution >= 0.6 is 0 Å². The van der Waals surface area contributed by atoms with Crippen molar-refractivity contribution in [2.24, 2.45) is 5.73 Å². The lowest BCUT2D eigenvalue weighted by atomic mass is 9.91. The van der Waals surface area contributed by atoms with E-state index in [0.29, 0.717) is 6.54 Å². The highest BCUT2D eigenvalue weighted by Crippen LogP contribution is 2.26. The van der Waals surface area contributed by atoms with Gasteiger partial charge in [0.15, 0.2) is 0 Å². The van der Waals surface area contributed by atoms with Crippen molar-refractivity contribution in [2.75, 3.05) is 13.2 Å². The molecule has 0 radical (unpaired) electrons. The van der Waals surface area contributed by atoms with Crippen LogP contribution in [-0.4, -0.2) is 29.2 Å². The highest BCUT2D eigenvalue weighted by molar-refractivity contribution is 5.22. The average molecular weight is 248 g/mol. The summed E-state index contributed by atoms with van der Waals surface area (Å²) < 4.78 is 0. The van der Waals surface area contributed by atoms with E-state index < -0.39 is 0 Å². The summed E-state index contributed by atoms with van der Waals surface area (Å²) in [6.45, 7) is 2.89. The lowest BCUT2D eigenvalue weighted by Crippen LogP contribution is -2.40. The maximum absolute atomic E-state index is 8.98. The Morgan fingerprint density at radius 2 is 1.83 bits per heavy atom. The van der Waals surface area contributed by atoms with E-state index in [1.807, 2.05) is 0 Å². The molecule has 100 valence electrons. The number of aliphatic hydroxyl groups is 1. The average Bonchev–Trinajstić information content (AvgIpc) is 2.34. The van der Waals surface area contributed by atoms with Gasteiger partial charge in [-0.3, -0.25) is 4.90 Å². The van der Waals surface area contributed by atoms with Crippen molar-refractivity contribution in [1.29, 1.82) is 0 Å². The largest absolute Gasteiger partial charge is 0.396 e. The summed E-state index contributed by atoms with van der Waals surface area (Å²) in [6.07, 6.45) is 4.85. The molecule has 3 heteroatoms. The van der Waals surface area contributed by atoms with Crippen LogP contribution in [-0.2, 0) is 13.1 Å². The third-order valence-electron chi connectivity index (χ3n) is 3.84. The van der Waals surface area contributed by atoms with Crippen LogP contribution in [0.1, 0.15) is 36.8 Å². The molecule has 1 aliphatic carbocycles. The topological polar surface area (TPSA) is 49.5 Å². The quantitative estimate of drug-likeness (QED) is 0.774. The first-order valence-corrected chi connectivity index (χ1v) is 6.96. The van der Waals surface area contributed by atoms with Crippen LogP contribution in [0.4, 0.5) is 0 Å². The SMILES string of the molecule is NCc1ccc(CN(CCCO)C2CCC2)cc1. The molecule has 3 N–H and O–H groups in total. The Morgan fingerprint density at radius 3 is 2.33 bits per heavy atom. The molecule has 3 nitrogen and oxygen atoms in total. The fraction of sp³-hybridized carbons (Fsp3) is 0.600. The maximum Gasteiger partial charge on any atom is 0.0443 e. The molecule has 0 saturated heterocycles. The van der Waals surface area contributed by atoms with Gasteiger partial charge in [-0.15, -0.1) is 0 Å². The van der Waals surface area contributed by atoms with Crippen LogP contribution in [0.2, 0.25) is 0 Å².